The Kier molecular flexibility index (Phi) is 5.92. The molecule has 3 nitrogen and oxygen atoms in total. The van der Waals surface area contributed by atoms with E-state index in [-0.39, 0.29) is 0 Å². The molecular formula is C13H22BrN3. The first-order valence-electron chi connectivity index (χ1n) is 6.08. The minimum atomic E-state index is 0.567. The highest BCUT2D eigenvalue weighted by atomic mass is 79.9. The summed E-state index contributed by atoms with van der Waals surface area (Å²) in [4.78, 5) is 0. The standard InChI is InChI=1S/C13H22BrN3/c1-10(2)15-9-7-5-6-8-12-13(14)11(3)16-17(12)4/h5-6,10,15H,7-9H2,1-4H3. The molecule has 0 unspecified atom stereocenters. The topological polar surface area (TPSA) is 29.9 Å². The number of allylic oxidation sites excluding steroid dienone is 1. The highest BCUT2D eigenvalue weighted by molar-refractivity contribution is 9.10. The van der Waals surface area contributed by atoms with Crippen LogP contribution in [0.5, 0.6) is 0 Å². The number of aryl methyl sites for hydroxylation is 2. The molecule has 1 aromatic rings. The van der Waals surface area contributed by atoms with E-state index >= 15 is 0 Å². The molecule has 0 bridgehead atoms. The quantitative estimate of drug-likeness (QED) is 0.646. The van der Waals surface area contributed by atoms with Crippen molar-refractivity contribution in [2.24, 2.45) is 7.05 Å². The number of rotatable bonds is 6. The van der Waals surface area contributed by atoms with E-state index in [4.69, 9.17) is 0 Å². The van der Waals surface area contributed by atoms with Gasteiger partial charge in [0.05, 0.1) is 15.9 Å². The van der Waals surface area contributed by atoms with Gasteiger partial charge in [0, 0.05) is 19.5 Å². The zero-order chi connectivity index (χ0) is 12.8. The summed E-state index contributed by atoms with van der Waals surface area (Å²) in [5, 5.41) is 7.77. The molecule has 96 valence electrons. The average molecular weight is 300 g/mol. The second-order valence-electron chi connectivity index (χ2n) is 4.54. The Hall–Kier alpha value is -0.610. The summed E-state index contributed by atoms with van der Waals surface area (Å²) in [5.41, 5.74) is 2.29. The van der Waals surface area contributed by atoms with Crippen molar-refractivity contribution in [3.8, 4) is 0 Å². The third-order valence-electron chi connectivity index (χ3n) is 2.60. The summed E-state index contributed by atoms with van der Waals surface area (Å²) in [6, 6.07) is 0.567. The van der Waals surface area contributed by atoms with Gasteiger partial charge < -0.3 is 5.32 Å². The molecule has 1 N–H and O–H groups in total. The molecular weight excluding hydrogens is 278 g/mol. The summed E-state index contributed by atoms with van der Waals surface area (Å²) in [6.07, 6.45) is 6.44. The Balaban J connectivity index is 2.37. The van der Waals surface area contributed by atoms with Crippen LogP contribution in [0.4, 0.5) is 0 Å². The van der Waals surface area contributed by atoms with Crippen LogP contribution in [0.15, 0.2) is 16.6 Å². The molecule has 1 aromatic heterocycles. The van der Waals surface area contributed by atoms with E-state index in [0.717, 1.165) is 29.6 Å². The van der Waals surface area contributed by atoms with Gasteiger partial charge in [-0.15, -0.1) is 0 Å². The summed E-state index contributed by atoms with van der Waals surface area (Å²) in [5.74, 6) is 0. The van der Waals surface area contributed by atoms with Crippen LogP contribution in [0.25, 0.3) is 0 Å². The van der Waals surface area contributed by atoms with Crippen LogP contribution < -0.4 is 5.32 Å². The van der Waals surface area contributed by atoms with Crippen molar-refractivity contribution >= 4 is 15.9 Å². The molecule has 0 saturated carbocycles. The molecule has 17 heavy (non-hydrogen) atoms. The molecule has 1 heterocycles. The molecule has 0 aliphatic heterocycles. The number of nitrogens with zero attached hydrogens (tertiary/aromatic N) is 2. The van der Waals surface area contributed by atoms with Gasteiger partial charge in [-0.05, 0) is 35.8 Å². The third-order valence-corrected chi connectivity index (χ3v) is 3.63. The number of nitrogens with one attached hydrogen (secondary N) is 1. The van der Waals surface area contributed by atoms with Crippen molar-refractivity contribution in [1.82, 2.24) is 15.1 Å². The molecule has 0 aromatic carbocycles. The minimum absolute atomic E-state index is 0.567. The molecule has 0 radical (unpaired) electrons. The molecule has 0 amide bonds. The Morgan fingerprint density at radius 2 is 2.12 bits per heavy atom. The van der Waals surface area contributed by atoms with Crippen molar-refractivity contribution in [1.29, 1.82) is 0 Å². The van der Waals surface area contributed by atoms with Crippen molar-refractivity contribution in [2.45, 2.75) is 39.7 Å². The fraction of sp³-hybridized carbons (Fsp3) is 0.615. The molecule has 0 spiro atoms. The maximum atomic E-state index is 4.37. The Bertz CT molecular complexity index is 380. The van der Waals surface area contributed by atoms with Crippen LogP contribution in [0.2, 0.25) is 0 Å². The van der Waals surface area contributed by atoms with E-state index in [1.165, 1.54) is 5.69 Å². The zero-order valence-corrected chi connectivity index (χ0v) is 12.7. The number of halogens is 1. The van der Waals surface area contributed by atoms with E-state index in [1.807, 2.05) is 18.7 Å². The molecule has 0 aliphatic rings. The van der Waals surface area contributed by atoms with Gasteiger partial charge in [-0.25, -0.2) is 0 Å². The zero-order valence-electron chi connectivity index (χ0n) is 11.1. The van der Waals surface area contributed by atoms with Gasteiger partial charge in [-0.1, -0.05) is 26.0 Å². The summed E-state index contributed by atoms with van der Waals surface area (Å²) in [6.45, 7) is 7.39. The lowest BCUT2D eigenvalue weighted by atomic mass is 10.2. The highest BCUT2D eigenvalue weighted by Crippen LogP contribution is 2.20. The predicted molar refractivity (Wildman–Crippen MR) is 76.2 cm³/mol. The van der Waals surface area contributed by atoms with Gasteiger partial charge >= 0.3 is 0 Å². The summed E-state index contributed by atoms with van der Waals surface area (Å²) < 4.78 is 3.07. The maximum absolute atomic E-state index is 4.37. The molecule has 0 atom stereocenters. The number of aromatic nitrogens is 2. The number of hydrogen-bond donors (Lipinski definition) is 1. The smallest absolute Gasteiger partial charge is 0.0738 e. The van der Waals surface area contributed by atoms with E-state index in [1.54, 1.807) is 0 Å². The molecule has 0 saturated heterocycles. The fourth-order valence-corrected chi connectivity index (χ4v) is 2.17. The van der Waals surface area contributed by atoms with Crippen LogP contribution in [0.3, 0.4) is 0 Å². The van der Waals surface area contributed by atoms with E-state index in [9.17, 15) is 0 Å². The number of hydrogen-bond acceptors (Lipinski definition) is 2. The first kappa shape index (κ1) is 14.5. The lowest BCUT2D eigenvalue weighted by Crippen LogP contribution is -2.23. The van der Waals surface area contributed by atoms with Gasteiger partial charge in [0.25, 0.3) is 0 Å². The van der Waals surface area contributed by atoms with Crippen molar-refractivity contribution in [3.63, 3.8) is 0 Å². The summed E-state index contributed by atoms with van der Waals surface area (Å²) in [7, 11) is 1.99. The van der Waals surface area contributed by atoms with E-state index < -0.39 is 0 Å². The molecule has 0 fully saturated rings. The maximum Gasteiger partial charge on any atom is 0.0738 e. The SMILES string of the molecule is Cc1nn(C)c(CC=CCCNC(C)C)c1Br. The average Bonchev–Trinajstić information content (AvgIpc) is 2.48. The Morgan fingerprint density at radius 3 is 2.65 bits per heavy atom. The second-order valence-corrected chi connectivity index (χ2v) is 5.34. The third kappa shape index (κ3) is 4.64. The lowest BCUT2D eigenvalue weighted by Gasteiger charge is -2.04. The van der Waals surface area contributed by atoms with Gasteiger partial charge in [0.2, 0.25) is 0 Å². The molecule has 1 rings (SSSR count). The van der Waals surface area contributed by atoms with Crippen molar-refractivity contribution in [3.05, 3.63) is 28.0 Å². The van der Waals surface area contributed by atoms with Crippen molar-refractivity contribution in [2.75, 3.05) is 6.54 Å². The van der Waals surface area contributed by atoms with Gasteiger partial charge in [-0.2, -0.15) is 5.10 Å². The fourth-order valence-electron chi connectivity index (χ4n) is 1.67. The Morgan fingerprint density at radius 1 is 1.41 bits per heavy atom. The van der Waals surface area contributed by atoms with E-state index in [2.05, 4.69) is 52.3 Å². The van der Waals surface area contributed by atoms with Gasteiger partial charge in [-0.3, -0.25) is 4.68 Å². The lowest BCUT2D eigenvalue weighted by molar-refractivity contribution is 0.594. The monoisotopic (exact) mass is 299 g/mol. The predicted octanol–water partition coefficient (Wildman–Crippen LogP) is 2.98. The normalized spacial score (nSPS) is 11.9. The second kappa shape index (κ2) is 6.97. The first-order chi connectivity index (χ1) is 8.02. The minimum Gasteiger partial charge on any atom is -0.314 e. The van der Waals surface area contributed by atoms with Crippen molar-refractivity contribution < 1.29 is 0 Å². The highest BCUT2D eigenvalue weighted by Gasteiger charge is 2.07. The van der Waals surface area contributed by atoms with Gasteiger partial charge in [0.15, 0.2) is 0 Å². The molecule has 0 aliphatic carbocycles. The van der Waals surface area contributed by atoms with Crippen LogP contribution >= 0.6 is 15.9 Å². The van der Waals surface area contributed by atoms with E-state index in [0.29, 0.717) is 6.04 Å². The van der Waals surface area contributed by atoms with Crippen LogP contribution in [-0.2, 0) is 13.5 Å². The Labute approximate surface area is 112 Å². The first-order valence-corrected chi connectivity index (χ1v) is 6.88. The summed E-state index contributed by atoms with van der Waals surface area (Å²) >= 11 is 3.57. The van der Waals surface area contributed by atoms with Crippen LogP contribution in [0, 0.1) is 6.92 Å². The van der Waals surface area contributed by atoms with Crippen LogP contribution in [0.1, 0.15) is 31.7 Å². The molecule has 4 heteroatoms. The largest absolute Gasteiger partial charge is 0.314 e. The van der Waals surface area contributed by atoms with Crippen LogP contribution in [-0.4, -0.2) is 22.4 Å². The van der Waals surface area contributed by atoms with Gasteiger partial charge in [0.1, 0.15) is 0 Å².